The van der Waals surface area contributed by atoms with Gasteiger partial charge in [0, 0.05) is 36.7 Å². The van der Waals surface area contributed by atoms with Gasteiger partial charge >= 0.3 is 0 Å². The molecule has 2 aromatic carbocycles. The zero-order valence-electron chi connectivity index (χ0n) is 18.3. The molecule has 32 heavy (non-hydrogen) atoms. The van der Waals surface area contributed by atoms with Gasteiger partial charge in [-0.15, -0.1) is 0 Å². The first-order valence-electron chi connectivity index (χ1n) is 10.1. The first-order valence-corrected chi connectivity index (χ1v) is 12.0. The summed E-state index contributed by atoms with van der Waals surface area (Å²) in [5.74, 6) is -0.130. The summed E-state index contributed by atoms with van der Waals surface area (Å²) in [6.45, 7) is 0.615. The van der Waals surface area contributed by atoms with Crippen LogP contribution in [0, 0.1) is 5.92 Å². The van der Waals surface area contributed by atoms with Crippen LogP contribution in [0.15, 0.2) is 42.5 Å². The summed E-state index contributed by atoms with van der Waals surface area (Å²) in [4.78, 5) is 25.3. The topological polar surface area (TPSA) is 114 Å². The summed E-state index contributed by atoms with van der Waals surface area (Å²) < 4.78 is 35.5. The predicted octanol–water partition coefficient (Wildman–Crippen LogP) is 2.57. The van der Waals surface area contributed by atoms with Crippen LogP contribution in [0.4, 0.5) is 11.4 Å². The van der Waals surface area contributed by atoms with Crippen LogP contribution >= 0.6 is 0 Å². The molecule has 0 bridgehead atoms. The quantitative estimate of drug-likeness (QED) is 0.655. The zero-order valence-corrected chi connectivity index (χ0v) is 19.1. The maximum atomic E-state index is 12.8. The van der Waals surface area contributed by atoms with E-state index in [2.05, 4.69) is 10.6 Å². The Morgan fingerprint density at radius 2 is 1.47 bits per heavy atom. The average Bonchev–Trinajstić information content (AvgIpc) is 2.79. The average molecular weight is 462 g/mol. The molecule has 0 unspecified atom stereocenters. The second-order valence-electron chi connectivity index (χ2n) is 7.50. The van der Waals surface area contributed by atoms with Crippen LogP contribution in [0.3, 0.4) is 0 Å². The molecule has 0 saturated carbocycles. The van der Waals surface area contributed by atoms with E-state index in [1.54, 1.807) is 36.4 Å². The molecule has 0 aliphatic carbocycles. The number of hydrogen-bond acceptors (Lipinski definition) is 6. The van der Waals surface area contributed by atoms with Gasteiger partial charge in [0.1, 0.15) is 11.5 Å². The third-order valence-electron chi connectivity index (χ3n) is 5.36. The van der Waals surface area contributed by atoms with Crippen molar-refractivity contribution in [2.75, 3.05) is 44.2 Å². The van der Waals surface area contributed by atoms with Crippen molar-refractivity contribution in [1.29, 1.82) is 0 Å². The lowest BCUT2D eigenvalue weighted by atomic mass is 9.97. The van der Waals surface area contributed by atoms with Crippen molar-refractivity contribution in [3.05, 3.63) is 48.0 Å². The number of ether oxygens (including phenoxy) is 2. The van der Waals surface area contributed by atoms with Gasteiger partial charge in [0.15, 0.2) is 0 Å². The number of sulfonamides is 1. The molecule has 0 atom stereocenters. The molecule has 1 fully saturated rings. The van der Waals surface area contributed by atoms with Crippen molar-refractivity contribution < 1.29 is 27.5 Å². The number of amides is 2. The number of rotatable bonds is 7. The summed E-state index contributed by atoms with van der Waals surface area (Å²) in [6, 6.07) is 11.9. The molecule has 3 rings (SSSR count). The number of carbonyl (C=O) groups excluding carboxylic acids is 2. The van der Waals surface area contributed by atoms with Crippen LogP contribution in [0.5, 0.6) is 11.5 Å². The highest BCUT2D eigenvalue weighted by Gasteiger charge is 2.29. The smallest absolute Gasteiger partial charge is 0.255 e. The highest BCUT2D eigenvalue weighted by molar-refractivity contribution is 7.88. The summed E-state index contributed by atoms with van der Waals surface area (Å²) in [7, 11) is -0.330. The minimum Gasteiger partial charge on any atom is -0.494 e. The summed E-state index contributed by atoms with van der Waals surface area (Å²) >= 11 is 0. The fourth-order valence-corrected chi connectivity index (χ4v) is 4.44. The van der Waals surface area contributed by atoms with Crippen molar-refractivity contribution in [2.45, 2.75) is 12.8 Å². The molecule has 0 aromatic heterocycles. The first kappa shape index (κ1) is 23.6. The van der Waals surface area contributed by atoms with E-state index in [-0.39, 0.29) is 17.7 Å². The second-order valence-corrected chi connectivity index (χ2v) is 9.48. The van der Waals surface area contributed by atoms with Gasteiger partial charge in [0.05, 0.1) is 31.9 Å². The Bertz CT molecular complexity index is 1080. The number of hydrogen-bond donors (Lipinski definition) is 2. The minimum atomic E-state index is -3.26. The van der Waals surface area contributed by atoms with E-state index in [4.69, 9.17) is 9.47 Å². The number of nitrogens with one attached hydrogen (secondary N) is 2. The monoisotopic (exact) mass is 461 g/mol. The number of carbonyl (C=O) groups is 2. The molecule has 9 nitrogen and oxygen atoms in total. The molecule has 10 heteroatoms. The third-order valence-corrected chi connectivity index (χ3v) is 6.66. The lowest BCUT2D eigenvalue weighted by Crippen LogP contribution is -2.40. The first-order chi connectivity index (χ1) is 15.2. The van der Waals surface area contributed by atoms with E-state index in [1.165, 1.54) is 24.8 Å². The Morgan fingerprint density at radius 3 is 1.97 bits per heavy atom. The van der Waals surface area contributed by atoms with E-state index in [0.29, 0.717) is 54.4 Å². The summed E-state index contributed by atoms with van der Waals surface area (Å²) in [5.41, 5.74) is 1.29. The molecule has 1 heterocycles. The van der Waals surface area contributed by atoms with Gasteiger partial charge < -0.3 is 20.1 Å². The lowest BCUT2D eigenvalue weighted by Gasteiger charge is -2.29. The molecule has 1 aliphatic rings. The maximum absolute atomic E-state index is 12.8. The largest absolute Gasteiger partial charge is 0.494 e. The van der Waals surface area contributed by atoms with E-state index >= 15 is 0 Å². The number of nitrogens with zero attached hydrogens (tertiary/aromatic N) is 1. The molecule has 172 valence electrons. The number of benzene rings is 2. The van der Waals surface area contributed by atoms with Gasteiger partial charge in [-0.05, 0) is 25.0 Å². The lowest BCUT2D eigenvalue weighted by molar-refractivity contribution is -0.120. The standard InChI is InChI=1S/C22H27N3O6S/c1-30-19-14-18(24-22(27)16-9-11-25(12-10-16)32(3,28)29)20(31-2)13-17(19)23-21(26)15-7-5-4-6-8-15/h4-8,13-14,16H,9-12H2,1-3H3,(H,23,26)(H,24,27). The Balaban J connectivity index is 1.74. The molecule has 2 amide bonds. The maximum Gasteiger partial charge on any atom is 0.255 e. The van der Waals surface area contributed by atoms with Gasteiger partial charge in [-0.1, -0.05) is 18.2 Å². The van der Waals surface area contributed by atoms with Gasteiger partial charge in [0.25, 0.3) is 5.91 Å². The zero-order chi connectivity index (χ0) is 23.3. The molecule has 0 spiro atoms. The normalized spacial score (nSPS) is 15.1. The van der Waals surface area contributed by atoms with Crippen molar-refractivity contribution in [3.63, 3.8) is 0 Å². The van der Waals surface area contributed by atoms with Crippen LogP contribution in [0.2, 0.25) is 0 Å². The van der Waals surface area contributed by atoms with Crippen molar-refractivity contribution >= 4 is 33.2 Å². The van der Waals surface area contributed by atoms with Gasteiger partial charge in [-0.3, -0.25) is 9.59 Å². The molecular formula is C22H27N3O6S. The highest BCUT2D eigenvalue weighted by Crippen LogP contribution is 2.37. The van der Waals surface area contributed by atoms with Crippen LogP contribution in [0.1, 0.15) is 23.2 Å². The van der Waals surface area contributed by atoms with Gasteiger partial charge in [0.2, 0.25) is 15.9 Å². The minimum absolute atomic E-state index is 0.223. The summed E-state index contributed by atoms with van der Waals surface area (Å²) in [6.07, 6.45) is 2.04. The Morgan fingerprint density at radius 1 is 0.938 bits per heavy atom. The molecular weight excluding hydrogens is 434 g/mol. The number of piperidine rings is 1. The van der Waals surface area contributed by atoms with Gasteiger partial charge in [-0.25, -0.2) is 12.7 Å². The molecule has 1 aliphatic heterocycles. The molecule has 0 radical (unpaired) electrons. The highest BCUT2D eigenvalue weighted by atomic mass is 32.2. The SMILES string of the molecule is COc1cc(NC(=O)C2CCN(S(C)(=O)=O)CC2)c(OC)cc1NC(=O)c1ccccc1. The van der Waals surface area contributed by atoms with Crippen molar-refractivity contribution in [1.82, 2.24) is 4.31 Å². The fourth-order valence-electron chi connectivity index (χ4n) is 3.56. The van der Waals surface area contributed by atoms with E-state index in [0.717, 1.165) is 0 Å². The third kappa shape index (κ3) is 5.57. The van der Waals surface area contributed by atoms with Crippen LogP contribution in [0.25, 0.3) is 0 Å². The van der Waals surface area contributed by atoms with Crippen LogP contribution in [-0.4, -0.2) is 58.1 Å². The Kier molecular flexibility index (Phi) is 7.37. The molecule has 1 saturated heterocycles. The van der Waals surface area contributed by atoms with E-state index in [1.807, 2.05) is 6.07 Å². The second kappa shape index (κ2) is 10.0. The number of anilines is 2. The van der Waals surface area contributed by atoms with Crippen molar-refractivity contribution in [2.24, 2.45) is 5.92 Å². The fraction of sp³-hybridized carbons (Fsp3) is 0.364. The van der Waals surface area contributed by atoms with Gasteiger partial charge in [-0.2, -0.15) is 0 Å². The van der Waals surface area contributed by atoms with E-state index < -0.39 is 10.0 Å². The number of methoxy groups -OCH3 is 2. The predicted molar refractivity (Wildman–Crippen MR) is 122 cm³/mol. The Labute approximate surface area is 187 Å². The van der Waals surface area contributed by atoms with Crippen molar-refractivity contribution in [3.8, 4) is 11.5 Å². The van der Waals surface area contributed by atoms with Crippen LogP contribution in [-0.2, 0) is 14.8 Å². The molecule has 2 N–H and O–H groups in total. The van der Waals surface area contributed by atoms with E-state index in [9.17, 15) is 18.0 Å². The summed E-state index contributed by atoms with van der Waals surface area (Å²) in [5, 5.41) is 5.64. The Hall–Kier alpha value is -3.11. The van der Waals surface area contributed by atoms with Crippen LogP contribution < -0.4 is 20.1 Å². The molecule has 2 aromatic rings.